The van der Waals surface area contributed by atoms with Gasteiger partial charge in [0.15, 0.2) is 11.5 Å². The van der Waals surface area contributed by atoms with E-state index in [0.717, 1.165) is 12.1 Å². The monoisotopic (exact) mass is 339 g/mol. The number of carbonyl (C=O) groups is 1. The van der Waals surface area contributed by atoms with Crippen LogP contribution in [0.15, 0.2) is 17.3 Å². The first-order valence-corrected chi connectivity index (χ1v) is 8.08. The zero-order valence-electron chi connectivity index (χ0n) is 14.1. The summed E-state index contributed by atoms with van der Waals surface area (Å²) in [5, 5.41) is 6.81. The Hall–Kier alpha value is -3.10. The van der Waals surface area contributed by atoms with Crippen molar-refractivity contribution < 1.29 is 4.79 Å². The third-order valence-electron chi connectivity index (χ3n) is 4.20. The maximum Gasteiger partial charge on any atom is 0.257 e. The van der Waals surface area contributed by atoms with Crippen LogP contribution in [0.4, 0.5) is 5.82 Å². The molecule has 0 aromatic carbocycles. The van der Waals surface area contributed by atoms with Crippen LogP contribution in [0.3, 0.4) is 0 Å². The normalized spacial score (nSPS) is 16.5. The number of aromatic nitrogens is 6. The second-order valence-electron chi connectivity index (χ2n) is 6.59. The Kier molecular flexibility index (Phi) is 3.38. The molecule has 3 aromatic heterocycles. The van der Waals surface area contributed by atoms with Gasteiger partial charge in [-0.15, -0.1) is 0 Å². The van der Waals surface area contributed by atoms with Gasteiger partial charge in [0.05, 0.1) is 23.4 Å². The lowest BCUT2D eigenvalue weighted by molar-refractivity contribution is -0.116. The van der Waals surface area contributed by atoms with Crippen LogP contribution in [-0.2, 0) is 11.2 Å². The Labute approximate surface area is 142 Å². The number of aromatic amines is 1. The quantitative estimate of drug-likeness (QED) is 0.738. The van der Waals surface area contributed by atoms with E-state index in [2.05, 4.69) is 44.2 Å². The molecule has 0 saturated carbocycles. The fraction of sp³-hybridized carbons (Fsp3) is 0.375. The van der Waals surface area contributed by atoms with Crippen molar-refractivity contribution in [2.75, 3.05) is 5.32 Å². The number of rotatable bonds is 3. The van der Waals surface area contributed by atoms with Crippen molar-refractivity contribution >= 4 is 17.4 Å². The molecule has 0 unspecified atom stereocenters. The average molecular weight is 339 g/mol. The summed E-state index contributed by atoms with van der Waals surface area (Å²) in [5.74, 6) is 0.228. The summed E-state index contributed by atoms with van der Waals surface area (Å²) in [7, 11) is 0. The highest BCUT2D eigenvalue weighted by atomic mass is 16.2. The third-order valence-corrected chi connectivity index (χ3v) is 4.20. The van der Waals surface area contributed by atoms with Crippen LogP contribution in [0.2, 0.25) is 0 Å². The van der Waals surface area contributed by atoms with Gasteiger partial charge in [0.1, 0.15) is 17.8 Å². The van der Waals surface area contributed by atoms with Gasteiger partial charge in [-0.3, -0.25) is 9.59 Å². The Morgan fingerprint density at radius 2 is 2.08 bits per heavy atom. The van der Waals surface area contributed by atoms with Crippen LogP contribution in [0.1, 0.15) is 37.9 Å². The van der Waals surface area contributed by atoms with Gasteiger partial charge in [-0.2, -0.15) is 5.10 Å². The predicted molar refractivity (Wildman–Crippen MR) is 90.2 cm³/mol. The number of hydrogen-bond donors (Lipinski definition) is 2. The smallest absolute Gasteiger partial charge is 0.257 e. The molecule has 0 fully saturated rings. The number of H-pyrrole nitrogens is 1. The standard InChI is InChI=1S/C16H17N7O2/c1-7(2)4-9-14-17-6-18-23(14)5-10(19-9)12-20-13-11(16(25)21-12)8(3)15(24)22-13/h5-8H,4H2,1-3H3,(H2,20,21,22,24,25)/t8-/m1/s1. The van der Waals surface area contributed by atoms with Gasteiger partial charge in [0, 0.05) is 0 Å². The number of anilines is 1. The summed E-state index contributed by atoms with van der Waals surface area (Å²) in [6.45, 7) is 5.86. The highest BCUT2D eigenvalue weighted by Crippen LogP contribution is 2.28. The highest BCUT2D eigenvalue weighted by molar-refractivity contribution is 6.01. The summed E-state index contributed by atoms with van der Waals surface area (Å²) in [5.41, 5.74) is 1.96. The summed E-state index contributed by atoms with van der Waals surface area (Å²) < 4.78 is 1.62. The number of amides is 1. The van der Waals surface area contributed by atoms with Crippen LogP contribution in [-0.4, -0.2) is 35.5 Å². The van der Waals surface area contributed by atoms with Gasteiger partial charge >= 0.3 is 0 Å². The molecule has 0 spiro atoms. The van der Waals surface area contributed by atoms with Crippen molar-refractivity contribution in [3.8, 4) is 11.5 Å². The van der Waals surface area contributed by atoms with E-state index in [4.69, 9.17) is 0 Å². The predicted octanol–water partition coefficient (Wildman–Crippen LogP) is 1.13. The largest absolute Gasteiger partial charge is 0.310 e. The van der Waals surface area contributed by atoms with Gasteiger partial charge in [-0.1, -0.05) is 13.8 Å². The lowest BCUT2D eigenvalue weighted by Crippen LogP contribution is -2.16. The molecule has 2 N–H and O–H groups in total. The summed E-state index contributed by atoms with van der Waals surface area (Å²) >= 11 is 0. The molecular weight excluding hydrogens is 322 g/mol. The lowest BCUT2D eigenvalue weighted by atomic mass is 10.1. The number of nitrogens with zero attached hydrogens (tertiary/aromatic N) is 5. The highest BCUT2D eigenvalue weighted by Gasteiger charge is 2.31. The molecule has 4 heterocycles. The van der Waals surface area contributed by atoms with Gasteiger partial charge in [-0.05, 0) is 19.3 Å². The summed E-state index contributed by atoms with van der Waals surface area (Å²) in [4.78, 5) is 40.2. The number of carbonyl (C=O) groups excluding carboxylic acids is 1. The van der Waals surface area contributed by atoms with Crippen molar-refractivity contribution in [2.45, 2.75) is 33.1 Å². The first-order valence-electron chi connectivity index (χ1n) is 8.08. The van der Waals surface area contributed by atoms with Crippen LogP contribution in [0, 0.1) is 5.92 Å². The van der Waals surface area contributed by atoms with E-state index in [-0.39, 0.29) is 11.5 Å². The fourth-order valence-corrected chi connectivity index (χ4v) is 2.99. The molecule has 9 heteroatoms. The molecule has 3 aromatic rings. The molecule has 1 aliphatic heterocycles. The van der Waals surface area contributed by atoms with Crippen LogP contribution >= 0.6 is 0 Å². The number of nitrogens with one attached hydrogen (secondary N) is 2. The molecule has 0 aliphatic carbocycles. The first-order chi connectivity index (χ1) is 11.9. The van der Waals surface area contributed by atoms with E-state index in [1.54, 1.807) is 17.6 Å². The molecular formula is C16H17N7O2. The third kappa shape index (κ3) is 2.48. The van der Waals surface area contributed by atoms with Crippen LogP contribution < -0.4 is 10.9 Å². The van der Waals surface area contributed by atoms with Crippen LogP contribution in [0.5, 0.6) is 0 Å². The van der Waals surface area contributed by atoms with Gasteiger partial charge < -0.3 is 10.3 Å². The van der Waals surface area contributed by atoms with Crippen LogP contribution in [0.25, 0.3) is 17.2 Å². The molecule has 128 valence electrons. The van der Waals surface area contributed by atoms with E-state index in [9.17, 15) is 9.59 Å². The van der Waals surface area contributed by atoms with E-state index in [1.807, 2.05) is 0 Å². The molecule has 0 saturated heterocycles. The molecule has 4 rings (SSSR count). The number of hydrogen-bond acceptors (Lipinski definition) is 6. The zero-order valence-corrected chi connectivity index (χ0v) is 14.1. The van der Waals surface area contributed by atoms with Gasteiger partial charge in [0.2, 0.25) is 5.91 Å². The molecule has 25 heavy (non-hydrogen) atoms. The van der Waals surface area contributed by atoms with E-state index < -0.39 is 5.92 Å². The Morgan fingerprint density at radius 1 is 1.28 bits per heavy atom. The van der Waals surface area contributed by atoms with E-state index in [1.165, 1.54) is 6.33 Å². The van der Waals surface area contributed by atoms with Crippen molar-refractivity contribution in [2.24, 2.45) is 5.92 Å². The van der Waals surface area contributed by atoms with E-state index in [0.29, 0.717) is 34.5 Å². The minimum absolute atomic E-state index is 0.231. The maximum absolute atomic E-state index is 12.4. The SMILES string of the molecule is CC(C)Cc1nc(-c2nc3c(c(=O)[nH]2)[C@@H](C)C(=O)N3)cn2ncnc12. The Morgan fingerprint density at radius 3 is 2.84 bits per heavy atom. The number of fused-ring (bicyclic) bond motifs is 2. The zero-order chi connectivity index (χ0) is 17.7. The molecule has 0 radical (unpaired) electrons. The molecule has 1 amide bonds. The van der Waals surface area contributed by atoms with Gasteiger partial charge in [-0.25, -0.2) is 19.5 Å². The van der Waals surface area contributed by atoms with E-state index >= 15 is 0 Å². The molecule has 1 aliphatic rings. The lowest BCUT2D eigenvalue weighted by Gasteiger charge is -2.09. The molecule has 1 atom stereocenters. The van der Waals surface area contributed by atoms with Gasteiger partial charge in [0.25, 0.3) is 5.56 Å². The Balaban J connectivity index is 1.88. The second kappa shape index (κ2) is 5.47. The minimum atomic E-state index is -0.512. The fourth-order valence-electron chi connectivity index (χ4n) is 2.99. The van der Waals surface area contributed by atoms with Crippen molar-refractivity contribution in [1.29, 1.82) is 0 Å². The van der Waals surface area contributed by atoms with Crippen molar-refractivity contribution in [3.05, 3.63) is 34.1 Å². The van der Waals surface area contributed by atoms with Crippen molar-refractivity contribution in [1.82, 2.24) is 29.5 Å². The Bertz CT molecular complexity index is 1050. The molecule has 0 bridgehead atoms. The summed E-state index contributed by atoms with van der Waals surface area (Å²) in [6, 6.07) is 0. The summed E-state index contributed by atoms with van der Waals surface area (Å²) in [6.07, 6.45) is 3.85. The minimum Gasteiger partial charge on any atom is -0.310 e. The topological polar surface area (TPSA) is 118 Å². The second-order valence-corrected chi connectivity index (χ2v) is 6.59. The van der Waals surface area contributed by atoms with Crippen molar-refractivity contribution in [3.63, 3.8) is 0 Å². The maximum atomic E-state index is 12.4. The average Bonchev–Trinajstić information content (AvgIpc) is 3.12. The first kappa shape index (κ1) is 15.4. The molecule has 9 nitrogen and oxygen atoms in total.